The average Bonchev–Trinajstić information content (AvgIpc) is 3.53. The number of rotatable bonds is 6. The van der Waals surface area contributed by atoms with Crippen LogP contribution in [0.25, 0.3) is 33.2 Å². The number of nitriles is 1. The SMILES string of the molecule is CC(C)(O)Cn1ccc2cc(-c3ccc(C(=O)N4C5CCC4CC(NC(=O)OC(C)(C)C)C5)cc3-c3ccc(C#N)c(F)c3)c(F)c(F)c21. The number of carbonyl (C=O) groups excluding carboxylic acids is 2. The van der Waals surface area contributed by atoms with Crippen LogP contribution in [0, 0.1) is 28.8 Å². The molecule has 11 heteroatoms. The minimum absolute atomic E-state index is 0.00109. The molecule has 2 N–H and O–H groups in total. The molecular formula is C38H39F3N4O4. The van der Waals surface area contributed by atoms with Crippen molar-refractivity contribution < 1.29 is 32.6 Å². The Morgan fingerprint density at radius 3 is 2.24 bits per heavy atom. The van der Waals surface area contributed by atoms with Gasteiger partial charge in [-0.05, 0) is 113 Å². The number of alkyl carbamates (subject to hydrolysis) is 1. The fraction of sp³-hybridized carbons (Fsp3) is 0.395. The van der Waals surface area contributed by atoms with Crippen molar-refractivity contribution in [1.29, 1.82) is 5.26 Å². The molecule has 8 nitrogen and oxygen atoms in total. The summed E-state index contributed by atoms with van der Waals surface area (Å²) in [5.41, 5.74) is -0.977. The number of halogens is 3. The highest BCUT2D eigenvalue weighted by atomic mass is 19.2. The van der Waals surface area contributed by atoms with E-state index in [9.17, 15) is 24.3 Å². The van der Waals surface area contributed by atoms with Gasteiger partial charge < -0.3 is 24.6 Å². The van der Waals surface area contributed by atoms with Crippen molar-refractivity contribution in [2.24, 2.45) is 0 Å². The first-order valence-electron chi connectivity index (χ1n) is 16.4. The van der Waals surface area contributed by atoms with Crippen LogP contribution in [0.3, 0.4) is 0 Å². The molecule has 2 aliphatic rings. The van der Waals surface area contributed by atoms with Crippen LogP contribution in [0.15, 0.2) is 54.7 Å². The lowest BCUT2D eigenvalue weighted by Gasteiger charge is -2.39. The molecule has 1 aromatic heterocycles. The van der Waals surface area contributed by atoms with Gasteiger partial charge in [0.15, 0.2) is 11.6 Å². The van der Waals surface area contributed by atoms with E-state index < -0.39 is 34.7 Å². The molecule has 0 radical (unpaired) electrons. The fourth-order valence-corrected chi connectivity index (χ4v) is 7.22. The normalized spacial score (nSPS) is 19.2. The number of benzene rings is 3. The van der Waals surface area contributed by atoms with E-state index in [-0.39, 0.29) is 69.5 Å². The quantitative estimate of drug-likeness (QED) is 0.218. The number of aromatic nitrogens is 1. The molecule has 0 saturated carbocycles. The standard InChI is InChI=1S/C38H39F3N4O4/c1-37(2,3)49-36(47)43-25-17-26-9-10-27(18-25)45(26)35(46)23-8-11-28(29(15-23)21-6-7-24(19-42)31(39)16-21)30-14-22-12-13-44(20-38(4,5)48)34(22)33(41)32(30)40/h6-8,11-16,25-27,48H,9-10,17-18,20H2,1-5H3,(H,43,47). The molecule has 4 aromatic rings. The second-order valence-electron chi connectivity index (χ2n) is 14.7. The van der Waals surface area contributed by atoms with E-state index in [1.807, 2.05) is 4.90 Å². The number of ether oxygens (including phenoxy) is 1. The van der Waals surface area contributed by atoms with Gasteiger partial charge in [0.2, 0.25) is 0 Å². The van der Waals surface area contributed by atoms with Gasteiger partial charge in [-0.1, -0.05) is 12.1 Å². The summed E-state index contributed by atoms with van der Waals surface area (Å²) >= 11 is 0. The number of nitrogens with one attached hydrogen (secondary N) is 1. The molecule has 2 atom stereocenters. The highest BCUT2D eigenvalue weighted by molar-refractivity contribution is 5.99. The van der Waals surface area contributed by atoms with Crippen LogP contribution in [0.2, 0.25) is 0 Å². The summed E-state index contributed by atoms with van der Waals surface area (Å²) in [6, 6.07) is 13.2. The van der Waals surface area contributed by atoms with Crippen molar-refractivity contribution in [3.63, 3.8) is 0 Å². The van der Waals surface area contributed by atoms with E-state index in [0.717, 1.165) is 18.9 Å². The average molecular weight is 673 g/mol. The van der Waals surface area contributed by atoms with Gasteiger partial charge in [-0.15, -0.1) is 0 Å². The summed E-state index contributed by atoms with van der Waals surface area (Å²) in [5.74, 6) is -3.27. The summed E-state index contributed by atoms with van der Waals surface area (Å²) in [4.78, 5) is 28.4. The highest BCUT2D eigenvalue weighted by Crippen LogP contribution is 2.41. The van der Waals surface area contributed by atoms with Crippen LogP contribution in [0.1, 0.15) is 76.2 Å². The van der Waals surface area contributed by atoms with Gasteiger partial charge in [-0.2, -0.15) is 5.26 Å². The van der Waals surface area contributed by atoms with Crippen LogP contribution >= 0.6 is 0 Å². The van der Waals surface area contributed by atoms with E-state index in [0.29, 0.717) is 18.2 Å². The van der Waals surface area contributed by atoms with Crippen LogP contribution in [0.5, 0.6) is 0 Å². The zero-order valence-corrected chi connectivity index (χ0v) is 28.1. The summed E-state index contributed by atoms with van der Waals surface area (Å²) < 4.78 is 53.6. The molecule has 2 unspecified atom stereocenters. The topological polar surface area (TPSA) is 108 Å². The molecular weight excluding hydrogens is 633 g/mol. The number of amides is 2. The molecule has 2 saturated heterocycles. The zero-order chi connectivity index (χ0) is 35.4. The third-order valence-electron chi connectivity index (χ3n) is 9.13. The Balaban J connectivity index is 1.38. The first kappa shape index (κ1) is 34.1. The molecule has 2 aliphatic heterocycles. The van der Waals surface area contributed by atoms with Crippen molar-refractivity contribution >= 4 is 22.9 Å². The lowest BCUT2D eigenvalue weighted by molar-refractivity contribution is 0.0417. The molecule has 2 amide bonds. The summed E-state index contributed by atoms with van der Waals surface area (Å²) in [6.45, 7) is 8.56. The number of nitrogens with zero attached hydrogens (tertiary/aromatic N) is 3. The Labute approximate surface area is 283 Å². The second-order valence-corrected chi connectivity index (χ2v) is 14.7. The first-order valence-corrected chi connectivity index (χ1v) is 16.4. The summed E-state index contributed by atoms with van der Waals surface area (Å²) in [7, 11) is 0. The minimum atomic E-state index is -1.17. The third-order valence-corrected chi connectivity index (χ3v) is 9.13. The predicted octanol–water partition coefficient (Wildman–Crippen LogP) is 7.70. The van der Waals surface area contributed by atoms with Crippen molar-refractivity contribution in [2.75, 3.05) is 0 Å². The van der Waals surface area contributed by atoms with E-state index in [2.05, 4.69) is 5.32 Å². The minimum Gasteiger partial charge on any atom is -0.444 e. The molecule has 2 bridgehead atoms. The van der Waals surface area contributed by atoms with Crippen molar-refractivity contribution in [3.8, 4) is 28.3 Å². The van der Waals surface area contributed by atoms with Gasteiger partial charge in [0, 0.05) is 40.8 Å². The highest BCUT2D eigenvalue weighted by Gasteiger charge is 2.44. The Morgan fingerprint density at radius 2 is 1.63 bits per heavy atom. The number of piperidine rings is 1. The molecule has 3 heterocycles. The lowest BCUT2D eigenvalue weighted by atomic mass is 9.90. The summed E-state index contributed by atoms with van der Waals surface area (Å²) in [5, 5.41) is 23.0. The van der Waals surface area contributed by atoms with Gasteiger partial charge in [-0.3, -0.25) is 4.79 Å². The maximum atomic E-state index is 16.0. The Hall–Kier alpha value is -4.82. The maximum Gasteiger partial charge on any atom is 0.407 e. The van der Waals surface area contributed by atoms with Gasteiger partial charge >= 0.3 is 6.09 Å². The monoisotopic (exact) mass is 672 g/mol. The number of carbonyl (C=O) groups is 2. The number of hydrogen-bond acceptors (Lipinski definition) is 5. The number of fused-ring (bicyclic) bond motifs is 3. The smallest absolute Gasteiger partial charge is 0.407 e. The molecule has 0 spiro atoms. The van der Waals surface area contributed by atoms with Gasteiger partial charge in [0.25, 0.3) is 5.91 Å². The van der Waals surface area contributed by atoms with Gasteiger partial charge in [0.05, 0.1) is 23.2 Å². The van der Waals surface area contributed by atoms with Crippen LogP contribution < -0.4 is 5.32 Å². The van der Waals surface area contributed by atoms with Crippen LogP contribution in [-0.4, -0.2) is 55.9 Å². The third kappa shape index (κ3) is 6.88. The Morgan fingerprint density at radius 1 is 0.939 bits per heavy atom. The van der Waals surface area contributed by atoms with Crippen LogP contribution in [-0.2, 0) is 11.3 Å². The van der Waals surface area contributed by atoms with Gasteiger partial charge in [-0.25, -0.2) is 18.0 Å². The zero-order valence-electron chi connectivity index (χ0n) is 28.1. The van der Waals surface area contributed by atoms with E-state index in [1.54, 1.807) is 65.1 Å². The van der Waals surface area contributed by atoms with E-state index in [4.69, 9.17) is 4.74 Å². The molecule has 256 valence electrons. The molecule has 3 aromatic carbocycles. The largest absolute Gasteiger partial charge is 0.444 e. The van der Waals surface area contributed by atoms with Crippen LogP contribution in [0.4, 0.5) is 18.0 Å². The van der Waals surface area contributed by atoms with Gasteiger partial charge in [0.1, 0.15) is 17.5 Å². The number of hydrogen-bond donors (Lipinski definition) is 2. The maximum absolute atomic E-state index is 16.0. The Kier molecular flexibility index (Phi) is 8.74. The fourth-order valence-electron chi connectivity index (χ4n) is 7.22. The first-order chi connectivity index (χ1) is 23.0. The number of aliphatic hydroxyl groups is 1. The van der Waals surface area contributed by atoms with E-state index >= 15 is 8.78 Å². The molecule has 2 fully saturated rings. The summed E-state index contributed by atoms with van der Waals surface area (Å²) in [6.07, 6.45) is 3.74. The molecule has 0 aliphatic carbocycles. The lowest BCUT2D eigenvalue weighted by Crippen LogP contribution is -2.53. The van der Waals surface area contributed by atoms with Crippen molar-refractivity contribution in [3.05, 3.63) is 83.3 Å². The van der Waals surface area contributed by atoms with Crippen molar-refractivity contribution in [2.45, 2.75) is 96.2 Å². The molecule has 49 heavy (non-hydrogen) atoms. The van der Waals surface area contributed by atoms with Crippen molar-refractivity contribution in [1.82, 2.24) is 14.8 Å². The Bertz CT molecular complexity index is 1990. The van der Waals surface area contributed by atoms with E-state index in [1.165, 1.54) is 28.8 Å². The molecule has 6 rings (SSSR count). The predicted molar refractivity (Wildman–Crippen MR) is 179 cm³/mol. The second kappa shape index (κ2) is 12.6.